The molecule has 0 spiro atoms. The fourth-order valence-corrected chi connectivity index (χ4v) is 4.75. The second-order valence-electron chi connectivity index (χ2n) is 5.69. The number of carbonyl (C=O) groups is 1. The smallest absolute Gasteiger partial charge is 0.220 e. The highest BCUT2D eigenvalue weighted by Crippen LogP contribution is 2.26. The van der Waals surface area contributed by atoms with Crippen LogP contribution in [0.5, 0.6) is 0 Å². The summed E-state index contributed by atoms with van der Waals surface area (Å²) in [5.41, 5.74) is 0.286. The summed E-state index contributed by atoms with van der Waals surface area (Å²) in [6.07, 6.45) is 2.59. The number of aryl methyl sites for hydroxylation is 1. The first-order valence-corrected chi connectivity index (χ1v) is 9.53. The minimum Gasteiger partial charge on any atom is -0.388 e. The lowest BCUT2D eigenvalue weighted by atomic mass is 9.97. The number of aromatic nitrogens is 1. The molecule has 118 valence electrons. The van der Waals surface area contributed by atoms with Crippen LogP contribution >= 0.6 is 23.1 Å². The van der Waals surface area contributed by atoms with Crippen LogP contribution in [0, 0.1) is 0 Å². The number of para-hydroxylation sites is 1. The van der Waals surface area contributed by atoms with Gasteiger partial charge in [0.25, 0.3) is 0 Å². The second kappa shape index (κ2) is 6.98. The number of thiazole rings is 1. The highest BCUT2D eigenvalue weighted by atomic mass is 32.2. The van der Waals surface area contributed by atoms with E-state index in [-0.39, 0.29) is 5.91 Å². The van der Waals surface area contributed by atoms with Crippen LogP contribution in [0.2, 0.25) is 0 Å². The van der Waals surface area contributed by atoms with Gasteiger partial charge >= 0.3 is 0 Å². The Balaban J connectivity index is 1.47. The Morgan fingerprint density at radius 3 is 2.86 bits per heavy atom. The average Bonchev–Trinajstić information content (AvgIpc) is 2.95. The van der Waals surface area contributed by atoms with Gasteiger partial charge in [-0.25, -0.2) is 4.98 Å². The number of hydrogen-bond acceptors (Lipinski definition) is 5. The number of nitrogens with one attached hydrogen (secondary N) is 1. The SMILES string of the molecule is O=C(CCc1nc2ccccc2s1)NCC1(O)CCSCC1. The van der Waals surface area contributed by atoms with E-state index in [0.29, 0.717) is 19.4 Å². The first-order chi connectivity index (χ1) is 10.6. The molecule has 1 amide bonds. The van der Waals surface area contributed by atoms with Crippen molar-refractivity contribution in [2.24, 2.45) is 0 Å². The van der Waals surface area contributed by atoms with Crippen LogP contribution in [-0.4, -0.2) is 39.6 Å². The maximum absolute atomic E-state index is 12.0. The third-order valence-corrected chi connectivity index (χ3v) is 6.02. The highest BCUT2D eigenvalue weighted by Gasteiger charge is 2.29. The van der Waals surface area contributed by atoms with Crippen LogP contribution in [0.15, 0.2) is 24.3 Å². The molecule has 0 atom stereocenters. The first kappa shape index (κ1) is 15.8. The number of benzene rings is 1. The lowest BCUT2D eigenvalue weighted by Crippen LogP contribution is -2.45. The minimum atomic E-state index is -0.712. The zero-order valence-corrected chi connectivity index (χ0v) is 14.0. The van der Waals surface area contributed by atoms with Crippen LogP contribution in [0.25, 0.3) is 10.2 Å². The van der Waals surface area contributed by atoms with Crippen molar-refractivity contribution in [1.82, 2.24) is 10.3 Å². The molecular weight excluding hydrogens is 316 g/mol. The summed E-state index contributed by atoms with van der Waals surface area (Å²) >= 11 is 3.50. The maximum Gasteiger partial charge on any atom is 0.220 e. The monoisotopic (exact) mass is 336 g/mol. The molecule has 3 rings (SSSR count). The number of nitrogens with zero attached hydrogens (tertiary/aromatic N) is 1. The summed E-state index contributed by atoms with van der Waals surface area (Å²) in [5.74, 6) is 1.93. The largest absolute Gasteiger partial charge is 0.388 e. The zero-order chi connectivity index (χ0) is 15.4. The van der Waals surface area contributed by atoms with Gasteiger partial charge in [-0.1, -0.05) is 12.1 Å². The van der Waals surface area contributed by atoms with Crippen molar-refractivity contribution in [1.29, 1.82) is 0 Å². The first-order valence-electron chi connectivity index (χ1n) is 7.56. The number of amides is 1. The van der Waals surface area contributed by atoms with Gasteiger partial charge in [0.2, 0.25) is 5.91 Å². The van der Waals surface area contributed by atoms with Crippen molar-refractivity contribution >= 4 is 39.2 Å². The van der Waals surface area contributed by atoms with Gasteiger partial charge in [-0.15, -0.1) is 11.3 Å². The third kappa shape index (κ3) is 4.00. The Bertz CT molecular complexity index is 617. The molecule has 1 aromatic heterocycles. The average molecular weight is 336 g/mol. The second-order valence-corrected chi connectivity index (χ2v) is 8.03. The van der Waals surface area contributed by atoms with Crippen LogP contribution in [0.1, 0.15) is 24.3 Å². The Morgan fingerprint density at radius 1 is 1.32 bits per heavy atom. The summed E-state index contributed by atoms with van der Waals surface area (Å²) < 4.78 is 1.16. The minimum absolute atomic E-state index is 0.00842. The standard InChI is InChI=1S/C16H20N2O2S2/c19-14(17-11-16(20)7-9-21-10-8-16)5-6-15-18-12-3-1-2-4-13(12)22-15/h1-4,20H,5-11H2,(H,17,19). The van der Waals surface area contributed by atoms with Crippen LogP contribution in [-0.2, 0) is 11.2 Å². The van der Waals surface area contributed by atoms with Gasteiger partial charge in [0.1, 0.15) is 0 Å². The predicted octanol–water partition coefficient (Wildman–Crippen LogP) is 2.60. The van der Waals surface area contributed by atoms with Crippen molar-refractivity contribution in [3.05, 3.63) is 29.3 Å². The molecule has 2 N–H and O–H groups in total. The predicted molar refractivity (Wildman–Crippen MR) is 92.5 cm³/mol. The molecule has 6 heteroatoms. The van der Waals surface area contributed by atoms with E-state index in [0.717, 1.165) is 39.6 Å². The molecular formula is C16H20N2O2S2. The number of hydrogen-bond donors (Lipinski definition) is 2. The van der Waals surface area contributed by atoms with Gasteiger partial charge in [-0.2, -0.15) is 11.8 Å². The molecule has 4 nitrogen and oxygen atoms in total. The van der Waals surface area contributed by atoms with Crippen LogP contribution in [0.4, 0.5) is 0 Å². The van der Waals surface area contributed by atoms with E-state index in [2.05, 4.69) is 10.3 Å². The summed E-state index contributed by atoms with van der Waals surface area (Å²) in [5, 5.41) is 14.2. The summed E-state index contributed by atoms with van der Waals surface area (Å²) in [7, 11) is 0. The van der Waals surface area contributed by atoms with Gasteiger partial charge in [0.15, 0.2) is 0 Å². The van der Waals surface area contributed by atoms with Gasteiger partial charge in [-0.3, -0.25) is 4.79 Å². The van der Waals surface area contributed by atoms with E-state index in [4.69, 9.17) is 0 Å². The van der Waals surface area contributed by atoms with Crippen LogP contribution in [0.3, 0.4) is 0 Å². The Kier molecular flexibility index (Phi) is 5.00. The van der Waals surface area contributed by atoms with E-state index < -0.39 is 5.60 Å². The van der Waals surface area contributed by atoms with E-state index in [9.17, 15) is 9.90 Å². The Morgan fingerprint density at radius 2 is 2.09 bits per heavy atom. The van der Waals surface area contributed by atoms with Gasteiger partial charge in [-0.05, 0) is 36.5 Å². The normalized spacial score (nSPS) is 17.5. The summed E-state index contributed by atoms with van der Waals surface area (Å²) in [4.78, 5) is 16.5. The molecule has 0 unspecified atom stereocenters. The number of aliphatic hydroxyl groups is 1. The lowest BCUT2D eigenvalue weighted by Gasteiger charge is -2.31. The van der Waals surface area contributed by atoms with Gasteiger partial charge in [0.05, 0.1) is 20.8 Å². The van der Waals surface area contributed by atoms with Crippen molar-refractivity contribution < 1.29 is 9.90 Å². The van der Waals surface area contributed by atoms with Gasteiger partial charge in [0, 0.05) is 19.4 Å². The molecule has 22 heavy (non-hydrogen) atoms. The molecule has 0 bridgehead atoms. The van der Waals surface area contributed by atoms with Gasteiger partial charge < -0.3 is 10.4 Å². The molecule has 1 aliphatic rings. The van der Waals surface area contributed by atoms with Crippen molar-refractivity contribution in [3.63, 3.8) is 0 Å². The maximum atomic E-state index is 12.0. The number of rotatable bonds is 5. The number of carbonyl (C=O) groups excluding carboxylic acids is 1. The summed E-state index contributed by atoms with van der Waals surface area (Å²) in [6.45, 7) is 0.367. The number of fused-ring (bicyclic) bond motifs is 1. The summed E-state index contributed by atoms with van der Waals surface area (Å²) in [6, 6.07) is 8.01. The third-order valence-electron chi connectivity index (χ3n) is 3.94. The molecule has 2 heterocycles. The van der Waals surface area contributed by atoms with E-state index in [1.54, 1.807) is 11.3 Å². The number of thioether (sulfide) groups is 1. The van der Waals surface area contributed by atoms with Crippen molar-refractivity contribution in [2.75, 3.05) is 18.1 Å². The van der Waals surface area contributed by atoms with E-state index in [1.807, 2.05) is 36.0 Å². The van der Waals surface area contributed by atoms with Crippen molar-refractivity contribution in [3.8, 4) is 0 Å². The molecule has 2 aromatic rings. The van der Waals surface area contributed by atoms with E-state index in [1.165, 1.54) is 0 Å². The zero-order valence-electron chi connectivity index (χ0n) is 12.4. The Labute approximate surface area is 138 Å². The topological polar surface area (TPSA) is 62.2 Å². The molecule has 0 aliphatic carbocycles. The van der Waals surface area contributed by atoms with Crippen molar-refractivity contribution in [2.45, 2.75) is 31.3 Å². The molecule has 0 saturated carbocycles. The quantitative estimate of drug-likeness (QED) is 0.881. The van der Waals surface area contributed by atoms with Crippen LogP contribution < -0.4 is 5.32 Å². The highest BCUT2D eigenvalue weighted by molar-refractivity contribution is 7.99. The molecule has 1 saturated heterocycles. The molecule has 1 aliphatic heterocycles. The van der Waals surface area contributed by atoms with E-state index >= 15 is 0 Å². The lowest BCUT2D eigenvalue weighted by molar-refractivity contribution is -0.122. The molecule has 1 fully saturated rings. The fourth-order valence-electron chi connectivity index (χ4n) is 2.53. The Hall–Kier alpha value is -1.11. The fraction of sp³-hybridized carbons (Fsp3) is 0.500. The molecule has 0 radical (unpaired) electrons. The molecule has 1 aromatic carbocycles.